The van der Waals surface area contributed by atoms with Gasteiger partial charge in [0.15, 0.2) is 0 Å². The van der Waals surface area contributed by atoms with E-state index in [1.807, 2.05) is 30.3 Å². The summed E-state index contributed by atoms with van der Waals surface area (Å²) in [5.74, 6) is 1.32. The molecular weight excluding hydrogens is 392 g/mol. The number of benzene rings is 2. The molecule has 1 aliphatic heterocycles. The molecule has 148 valence electrons. The average molecular weight is 410 g/mol. The normalized spacial score (nSPS) is 15.6. The van der Waals surface area contributed by atoms with Crippen molar-refractivity contribution in [2.45, 2.75) is 13.5 Å². The van der Waals surface area contributed by atoms with Gasteiger partial charge in [0.1, 0.15) is 5.75 Å². The lowest BCUT2D eigenvalue weighted by atomic mass is 10.1. The van der Waals surface area contributed by atoms with Crippen molar-refractivity contribution in [2.75, 3.05) is 7.11 Å². The van der Waals surface area contributed by atoms with E-state index >= 15 is 0 Å². The second-order valence-corrected chi connectivity index (χ2v) is 7.93. The molecule has 3 aromatic rings. The highest BCUT2D eigenvalue weighted by atomic mass is 32.2. The maximum atomic E-state index is 12.5. The van der Waals surface area contributed by atoms with E-state index in [0.29, 0.717) is 22.9 Å². The van der Waals surface area contributed by atoms with E-state index in [4.69, 9.17) is 9.26 Å². The zero-order chi connectivity index (χ0) is 20.4. The first kappa shape index (κ1) is 18.9. The summed E-state index contributed by atoms with van der Waals surface area (Å²) in [6, 6.07) is 16.5. The van der Waals surface area contributed by atoms with Crippen molar-refractivity contribution in [3.63, 3.8) is 0 Å². The highest BCUT2D eigenvalue weighted by molar-refractivity contribution is 7.88. The van der Waals surface area contributed by atoms with Crippen molar-refractivity contribution in [3.05, 3.63) is 72.3 Å². The molecule has 0 amide bonds. The van der Waals surface area contributed by atoms with E-state index in [9.17, 15) is 8.42 Å². The zero-order valence-electron chi connectivity index (χ0n) is 15.8. The number of methoxy groups -OCH3 is 1. The maximum absolute atomic E-state index is 12.5. The molecule has 8 nitrogen and oxygen atoms in total. The molecule has 0 bridgehead atoms. The molecule has 0 fully saturated rings. The summed E-state index contributed by atoms with van der Waals surface area (Å²) in [7, 11) is -2.27. The summed E-state index contributed by atoms with van der Waals surface area (Å²) in [5, 5.41) is 4.00. The quantitative estimate of drug-likeness (QED) is 0.640. The van der Waals surface area contributed by atoms with E-state index < -0.39 is 10.2 Å². The molecule has 0 spiro atoms. The molecule has 9 heteroatoms. The van der Waals surface area contributed by atoms with Gasteiger partial charge in [0.05, 0.1) is 24.9 Å². The molecule has 0 N–H and O–H groups in total. The van der Waals surface area contributed by atoms with Gasteiger partial charge in [-0.25, -0.2) is 0 Å². The molecule has 1 aliphatic rings. The number of aromatic nitrogens is 2. The number of hydrogen-bond donors (Lipinski definition) is 0. The van der Waals surface area contributed by atoms with E-state index in [2.05, 4.69) is 14.5 Å². The molecule has 1 aromatic heterocycles. The van der Waals surface area contributed by atoms with Gasteiger partial charge in [-0.15, -0.1) is 4.40 Å². The van der Waals surface area contributed by atoms with Crippen LogP contribution in [0.4, 0.5) is 0 Å². The van der Waals surface area contributed by atoms with Gasteiger partial charge >= 0.3 is 10.2 Å². The predicted octanol–water partition coefficient (Wildman–Crippen LogP) is 3.31. The van der Waals surface area contributed by atoms with Crippen LogP contribution in [0.3, 0.4) is 0 Å². The Hall–Kier alpha value is -3.46. The molecule has 2 aromatic carbocycles. The Bertz CT molecular complexity index is 1180. The van der Waals surface area contributed by atoms with Crippen LogP contribution in [0.5, 0.6) is 5.75 Å². The SMILES string of the molecule is COc1ccc(CN2C=C(c3nc(-c4ccccc4)no3)C(C)=NS2(=O)=O)cc1. The second kappa shape index (κ2) is 7.51. The monoisotopic (exact) mass is 410 g/mol. The van der Waals surface area contributed by atoms with Crippen molar-refractivity contribution >= 4 is 21.5 Å². The third kappa shape index (κ3) is 3.90. The first-order chi connectivity index (χ1) is 14.0. The fraction of sp³-hybridized carbons (Fsp3) is 0.150. The molecule has 0 saturated carbocycles. The van der Waals surface area contributed by atoms with Crippen LogP contribution in [0.2, 0.25) is 0 Å². The fourth-order valence-electron chi connectivity index (χ4n) is 2.86. The first-order valence-electron chi connectivity index (χ1n) is 8.79. The zero-order valence-corrected chi connectivity index (χ0v) is 16.6. The average Bonchev–Trinajstić information content (AvgIpc) is 3.21. The van der Waals surface area contributed by atoms with E-state index in [0.717, 1.165) is 15.4 Å². The minimum absolute atomic E-state index is 0.117. The van der Waals surface area contributed by atoms with Gasteiger partial charge < -0.3 is 9.26 Å². The lowest BCUT2D eigenvalue weighted by Crippen LogP contribution is -2.28. The van der Waals surface area contributed by atoms with Crippen molar-refractivity contribution in [2.24, 2.45) is 4.40 Å². The van der Waals surface area contributed by atoms with Gasteiger partial charge in [-0.3, -0.25) is 4.31 Å². The smallest absolute Gasteiger partial charge is 0.344 e. The lowest BCUT2D eigenvalue weighted by Gasteiger charge is -2.23. The van der Waals surface area contributed by atoms with Crippen LogP contribution in [-0.4, -0.2) is 35.7 Å². The molecule has 4 rings (SSSR count). The summed E-state index contributed by atoms with van der Waals surface area (Å²) in [4.78, 5) is 4.40. The highest BCUT2D eigenvalue weighted by Crippen LogP contribution is 2.27. The van der Waals surface area contributed by atoms with Crippen LogP contribution >= 0.6 is 0 Å². The van der Waals surface area contributed by atoms with Crippen LogP contribution in [-0.2, 0) is 16.8 Å². The summed E-state index contributed by atoms with van der Waals surface area (Å²) in [6.07, 6.45) is 1.48. The molecule has 0 unspecified atom stereocenters. The Morgan fingerprint density at radius 2 is 1.79 bits per heavy atom. The summed E-state index contributed by atoms with van der Waals surface area (Å²) >= 11 is 0. The maximum Gasteiger partial charge on any atom is 0.344 e. The number of allylic oxidation sites excluding steroid dienone is 1. The Kier molecular flexibility index (Phi) is 4.89. The Morgan fingerprint density at radius 1 is 1.07 bits per heavy atom. The van der Waals surface area contributed by atoms with Gasteiger partial charge in [0.2, 0.25) is 5.82 Å². The molecule has 0 saturated heterocycles. The Labute approximate surface area is 168 Å². The second-order valence-electron chi connectivity index (χ2n) is 6.38. The van der Waals surface area contributed by atoms with Gasteiger partial charge in [-0.05, 0) is 24.6 Å². The molecular formula is C20H18N4O4S. The molecule has 0 radical (unpaired) electrons. The van der Waals surface area contributed by atoms with Crippen LogP contribution in [0.25, 0.3) is 17.0 Å². The highest BCUT2D eigenvalue weighted by Gasteiger charge is 2.28. The van der Waals surface area contributed by atoms with Crippen molar-refractivity contribution in [1.29, 1.82) is 0 Å². The topological polar surface area (TPSA) is 97.9 Å². The standard InChI is InChI=1S/C20H18N4O4S/c1-14-18(20-21-19(22-28-20)16-6-4-3-5-7-16)13-24(29(25,26)23-14)12-15-8-10-17(27-2)11-9-15/h3-11,13H,12H2,1-2H3. The number of rotatable bonds is 5. The summed E-state index contributed by atoms with van der Waals surface area (Å²) in [5.41, 5.74) is 2.34. The first-order valence-corrected chi connectivity index (χ1v) is 10.2. The van der Waals surface area contributed by atoms with Crippen molar-refractivity contribution in [3.8, 4) is 17.1 Å². The minimum atomic E-state index is -3.85. The fourth-order valence-corrected chi connectivity index (χ4v) is 3.96. The predicted molar refractivity (Wildman–Crippen MR) is 108 cm³/mol. The van der Waals surface area contributed by atoms with Crippen molar-refractivity contribution in [1.82, 2.24) is 14.4 Å². The lowest BCUT2D eigenvalue weighted by molar-refractivity contribution is 0.408. The van der Waals surface area contributed by atoms with E-state index in [1.54, 1.807) is 38.3 Å². The summed E-state index contributed by atoms with van der Waals surface area (Å²) in [6.45, 7) is 1.72. The number of hydrogen-bond acceptors (Lipinski definition) is 6. The summed E-state index contributed by atoms with van der Waals surface area (Å²) < 4.78 is 40.6. The third-order valence-electron chi connectivity index (χ3n) is 4.40. The van der Waals surface area contributed by atoms with E-state index in [-0.39, 0.29) is 12.4 Å². The molecule has 0 atom stereocenters. The number of ether oxygens (including phenoxy) is 1. The Balaban J connectivity index is 1.65. The van der Waals surface area contributed by atoms with Crippen LogP contribution < -0.4 is 4.74 Å². The minimum Gasteiger partial charge on any atom is -0.497 e. The third-order valence-corrected chi connectivity index (χ3v) is 5.73. The molecule has 29 heavy (non-hydrogen) atoms. The largest absolute Gasteiger partial charge is 0.497 e. The van der Waals surface area contributed by atoms with Crippen LogP contribution in [0, 0.1) is 0 Å². The van der Waals surface area contributed by atoms with E-state index in [1.165, 1.54) is 6.20 Å². The molecule has 0 aliphatic carbocycles. The van der Waals surface area contributed by atoms with Gasteiger partial charge in [-0.2, -0.15) is 13.4 Å². The number of nitrogens with zero attached hydrogens (tertiary/aromatic N) is 4. The van der Waals surface area contributed by atoms with Gasteiger partial charge in [-0.1, -0.05) is 47.6 Å². The Morgan fingerprint density at radius 3 is 2.48 bits per heavy atom. The molecule has 2 heterocycles. The van der Waals surface area contributed by atoms with Crippen LogP contribution in [0.15, 0.2) is 69.7 Å². The van der Waals surface area contributed by atoms with Crippen LogP contribution in [0.1, 0.15) is 18.4 Å². The van der Waals surface area contributed by atoms with Gasteiger partial charge in [0, 0.05) is 11.8 Å². The van der Waals surface area contributed by atoms with Gasteiger partial charge in [0.25, 0.3) is 5.89 Å². The van der Waals surface area contributed by atoms with Crippen molar-refractivity contribution < 1.29 is 17.7 Å².